The summed E-state index contributed by atoms with van der Waals surface area (Å²) in [7, 11) is 0. The smallest absolute Gasteiger partial charge is 0.335 e. The Balaban J connectivity index is 1.92. The first-order valence-electron chi connectivity index (χ1n) is 7.30. The fourth-order valence-corrected chi connectivity index (χ4v) is 2.66. The van der Waals surface area contributed by atoms with E-state index in [4.69, 9.17) is 5.11 Å². The largest absolute Gasteiger partial charge is 0.478 e. The maximum absolute atomic E-state index is 10.8. The van der Waals surface area contributed by atoms with Crippen molar-refractivity contribution in [2.45, 2.75) is 45.1 Å². The minimum absolute atomic E-state index is 0.369. The fourth-order valence-electron chi connectivity index (χ4n) is 2.66. The van der Waals surface area contributed by atoms with Crippen LogP contribution < -0.4 is 0 Å². The monoisotopic (exact) mass is 261 g/mol. The highest BCUT2D eigenvalue weighted by Gasteiger charge is 2.09. The van der Waals surface area contributed by atoms with Crippen molar-refractivity contribution in [3.63, 3.8) is 0 Å². The summed E-state index contributed by atoms with van der Waals surface area (Å²) in [6, 6.07) is 7.29. The average molecular weight is 261 g/mol. The van der Waals surface area contributed by atoms with Gasteiger partial charge < -0.3 is 5.11 Å². The summed E-state index contributed by atoms with van der Waals surface area (Å²) in [4.78, 5) is 13.3. The molecular weight excluding hydrogens is 238 g/mol. The van der Waals surface area contributed by atoms with Gasteiger partial charge in [-0.1, -0.05) is 37.8 Å². The zero-order valence-corrected chi connectivity index (χ0v) is 11.5. The predicted molar refractivity (Wildman–Crippen MR) is 76.4 cm³/mol. The van der Waals surface area contributed by atoms with Crippen LogP contribution in [0.15, 0.2) is 24.3 Å². The van der Waals surface area contributed by atoms with E-state index in [1.54, 1.807) is 12.1 Å². The van der Waals surface area contributed by atoms with Gasteiger partial charge in [0, 0.05) is 6.54 Å². The molecule has 1 aliphatic rings. The molecule has 2 rings (SSSR count). The zero-order chi connectivity index (χ0) is 13.5. The van der Waals surface area contributed by atoms with Crippen molar-refractivity contribution in [1.82, 2.24) is 4.90 Å². The topological polar surface area (TPSA) is 40.5 Å². The number of aromatic carboxylic acids is 1. The molecule has 0 atom stereocenters. The molecule has 3 nitrogen and oxygen atoms in total. The van der Waals surface area contributed by atoms with E-state index in [-0.39, 0.29) is 0 Å². The van der Waals surface area contributed by atoms with Gasteiger partial charge in [0.2, 0.25) is 0 Å². The molecule has 1 aromatic rings. The van der Waals surface area contributed by atoms with E-state index in [1.165, 1.54) is 57.2 Å². The maximum Gasteiger partial charge on any atom is 0.335 e. The molecule has 0 aliphatic carbocycles. The molecule has 0 spiro atoms. The van der Waals surface area contributed by atoms with Crippen LogP contribution in [0.5, 0.6) is 0 Å². The number of hydrogen-bond donors (Lipinski definition) is 1. The Morgan fingerprint density at radius 1 is 0.947 bits per heavy atom. The minimum Gasteiger partial charge on any atom is -0.478 e. The van der Waals surface area contributed by atoms with Crippen molar-refractivity contribution in [3.05, 3.63) is 35.4 Å². The Hall–Kier alpha value is -1.35. The highest BCUT2D eigenvalue weighted by molar-refractivity contribution is 5.87. The number of carboxylic acid groups (broad SMARTS) is 1. The lowest BCUT2D eigenvalue weighted by Gasteiger charge is -2.21. The van der Waals surface area contributed by atoms with Gasteiger partial charge in [0.05, 0.1) is 5.56 Å². The van der Waals surface area contributed by atoms with E-state index in [9.17, 15) is 4.79 Å². The lowest BCUT2D eigenvalue weighted by atomic mass is 10.1. The van der Waals surface area contributed by atoms with Crippen LogP contribution in [0.4, 0.5) is 0 Å². The number of rotatable bonds is 3. The number of benzene rings is 1. The van der Waals surface area contributed by atoms with Crippen LogP contribution in [0.25, 0.3) is 0 Å². The Kier molecular flexibility index (Phi) is 5.40. The van der Waals surface area contributed by atoms with Crippen molar-refractivity contribution >= 4 is 5.97 Å². The molecule has 104 valence electrons. The summed E-state index contributed by atoms with van der Waals surface area (Å²) in [5, 5.41) is 8.89. The molecule has 0 radical (unpaired) electrons. The SMILES string of the molecule is O=C(O)c1ccc(CN2CCCCCCCC2)cc1. The van der Waals surface area contributed by atoms with Crippen LogP contribution in [-0.2, 0) is 6.54 Å². The van der Waals surface area contributed by atoms with E-state index >= 15 is 0 Å². The molecule has 0 unspecified atom stereocenters. The van der Waals surface area contributed by atoms with Gasteiger partial charge in [-0.05, 0) is 43.6 Å². The van der Waals surface area contributed by atoms with Crippen LogP contribution in [0.2, 0.25) is 0 Å². The first-order chi connectivity index (χ1) is 9.25. The first kappa shape index (κ1) is 14.1. The van der Waals surface area contributed by atoms with Crippen molar-refractivity contribution in [2.75, 3.05) is 13.1 Å². The van der Waals surface area contributed by atoms with Crippen molar-refractivity contribution in [2.24, 2.45) is 0 Å². The van der Waals surface area contributed by atoms with Crippen LogP contribution in [0.3, 0.4) is 0 Å². The molecule has 0 bridgehead atoms. The van der Waals surface area contributed by atoms with Gasteiger partial charge in [-0.25, -0.2) is 4.79 Å². The third kappa shape index (κ3) is 4.67. The Morgan fingerprint density at radius 2 is 1.47 bits per heavy atom. The third-order valence-electron chi connectivity index (χ3n) is 3.81. The van der Waals surface area contributed by atoms with Gasteiger partial charge in [0.25, 0.3) is 0 Å². The van der Waals surface area contributed by atoms with Crippen LogP contribution in [0, 0.1) is 0 Å². The second-order valence-electron chi connectivity index (χ2n) is 5.40. The minimum atomic E-state index is -0.853. The van der Waals surface area contributed by atoms with E-state index in [2.05, 4.69) is 4.90 Å². The normalized spacial score (nSPS) is 18.3. The molecule has 0 amide bonds. The van der Waals surface area contributed by atoms with Gasteiger partial charge in [-0.2, -0.15) is 0 Å². The standard InChI is InChI=1S/C16H23NO2/c18-16(19)15-9-7-14(8-10-15)13-17-11-5-3-1-2-4-6-12-17/h7-10H,1-6,11-13H2,(H,18,19). The summed E-state index contributed by atoms with van der Waals surface area (Å²) in [6.45, 7) is 3.28. The van der Waals surface area contributed by atoms with Gasteiger partial charge in [-0.3, -0.25) is 4.90 Å². The van der Waals surface area contributed by atoms with Crippen molar-refractivity contribution in [1.29, 1.82) is 0 Å². The molecule has 1 saturated heterocycles. The van der Waals surface area contributed by atoms with Crippen LogP contribution in [0.1, 0.15) is 54.4 Å². The lowest BCUT2D eigenvalue weighted by molar-refractivity contribution is 0.0697. The summed E-state index contributed by atoms with van der Waals surface area (Å²) in [5.41, 5.74) is 1.58. The van der Waals surface area contributed by atoms with E-state index in [1.807, 2.05) is 12.1 Å². The number of carbonyl (C=O) groups is 1. The molecular formula is C16H23NO2. The summed E-state index contributed by atoms with van der Waals surface area (Å²) < 4.78 is 0. The predicted octanol–water partition coefficient (Wildman–Crippen LogP) is 3.54. The Bertz CT molecular complexity index is 390. The lowest BCUT2D eigenvalue weighted by Crippen LogP contribution is -2.25. The summed E-state index contributed by atoms with van der Waals surface area (Å²) in [6.07, 6.45) is 8.01. The Labute approximate surface area is 115 Å². The molecule has 1 aromatic carbocycles. The summed E-state index contributed by atoms with van der Waals surface area (Å²) in [5.74, 6) is -0.853. The van der Waals surface area contributed by atoms with Gasteiger partial charge in [0.15, 0.2) is 0 Å². The molecule has 3 heteroatoms. The third-order valence-corrected chi connectivity index (χ3v) is 3.81. The van der Waals surface area contributed by atoms with E-state index in [0.717, 1.165) is 6.54 Å². The molecule has 0 aromatic heterocycles. The quantitative estimate of drug-likeness (QED) is 0.904. The highest BCUT2D eigenvalue weighted by Crippen LogP contribution is 2.14. The molecule has 1 N–H and O–H groups in total. The van der Waals surface area contributed by atoms with E-state index < -0.39 is 5.97 Å². The maximum atomic E-state index is 10.8. The summed E-state index contributed by atoms with van der Waals surface area (Å²) >= 11 is 0. The molecule has 1 heterocycles. The van der Waals surface area contributed by atoms with Gasteiger partial charge in [0.1, 0.15) is 0 Å². The first-order valence-corrected chi connectivity index (χ1v) is 7.30. The van der Waals surface area contributed by atoms with E-state index in [0.29, 0.717) is 5.56 Å². The second kappa shape index (κ2) is 7.29. The molecule has 19 heavy (non-hydrogen) atoms. The zero-order valence-electron chi connectivity index (χ0n) is 11.5. The number of nitrogens with zero attached hydrogens (tertiary/aromatic N) is 1. The molecule has 1 aliphatic heterocycles. The molecule has 0 saturated carbocycles. The highest BCUT2D eigenvalue weighted by atomic mass is 16.4. The van der Waals surface area contributed by atoms with Gasteiger partial charge in [-0.15, -0.1) is 0 Å². The average Bonchev–Trinajstić information content (AvgIpc) is 2.53. The van der Waals surface area contributed by atoms with Crippen LogP contribution >= 0.6 is 0 Å². The van der Waals surface area contributed by atoms with Gasteiger partial charge >= 0.3 is 5.97 Å². The second-order valence-corrected chi connectivity index (χ2v) is 5.40. The van der Waals surface area contributed by atoms with Crippen LogP contribution in [-0.4, -0.2) is 29.1 Å². The fraction of sp³-hybridized carbons (Fsp3) is 0.562. The number of hydrogen-bond acceptors (Lipinski definition) is 2. The molecule has 1 fully saturated rings. The van der Waals surface area contributed by atoms with Crippen molar-refractivity contribution in [3.8, 4) is 0 Å². The number of carboxylic acids is 1. The Morgan fingerprint density at radius 3 is 2.00 bits per heavy atom. The van der Waals surface area contributed by atoms with Crippen molar-refractivity contribution < 1.29 is 9.90 Å².